The zero-order valence-corrected chi connectivity index (χ0v) is 30.8. The molecule has 9 aromatic rings. The van der Waals surface area contributed by atoms with Crippen molar-refractivity contribution in [3.8, 4) is 33.4 Å². The van der Waals surface area contributed by atoms with Crippen LogP contribution in [-0.4, -0.2) is 0 Å². The highest BCUT2D eigenvalue weighted by atomic mass is 32.1. The third kappa shape index (κ3) is 4.90. The Balaban J connectivity index is 1.14. The Bertz CT molecular complexity index is 2800. The van der Waals surface area contributed by atoms with Gasteiger partial charge in [0.2, 0.25) is 0 Å². The van der Waals surface area contributed by atoms with Gasteiger partial charge in [0.25, 0.3) is 0 Å². The van der Waals surface area contributed by atoms with Gasteiger partial charge in [-0.2, -0.15) is 0 Å². The van der Waals surface area contributed by atoms with Crippen molar-refractivity contribution >= 4 is 59.3 Å². The maximum Gasteiger partial charge on any atom is 0.0540 e. The highest BCUT2D eigenvalue weighted by Crippen LogP contribution is 2.54. The van der Waals surface area contributed by atoms with Crippen LogP contribution in [0, 0.1) is 0 Å². The first-order valence-corrected chi connectivity index (χ1v) is 19.6. The standard InChI is InChI=1S/C51H39NS/c1-3-51(4-2)46-22-11-8-18-41(46)42-30-29-37(33-47(42)51)52(48-23-12-9-17-39(48)34-15-6-5-7-16-34)36-27-25-35(26-28-36)38-20-14-21-44-40(38)31-32-45-43-19-10-13-24-49(43)53-50(44)45/h5-33H,3-4H2,1-2H3. The lowest BCUT2D eigenvalue weighted by Gasteiger charge is -2.32. The Morgan fingerprint density at radius 2 is 1.04 bits per heavy atom. The summed E-state index contributed by atoms with van der Waals surface area (Å²) >= 11 is 1.90. The van der Waals surface area contributed by atoms with Crippen molar-refractivity contribution in [3.63, 3.8) is 0 Å². The monoisotopic (exact) mass is 697 g/mol. The maximum atomic E-state index is 2.49. The number of thiophene rings is 1. The van der Waals surface area contributed by atoms with Gasteiger partial charge in [-0.1, -0.05) is 153 Å². The van der Waals surface area contributed by atoms with Gasteiger partial charge in [0.15, 0.2) is 0 Å². The average molecular weight is 698 g/mol. The summed E-state index contributed by atoms with van der Waals surface area (Å²) in [5, 5.41) is 5.29. The lowest BCUT2D eigenvalue weighted by atomic mass is 9.74. The van der Waals surface area contributed by atoms with Gasteiger partial charge in [-0.05, 0) is 93.6 Å². The number of hydrogen-bond donors (Lipinski definition) is 0. The minimum absolute atomic E-state index is 0.00932. The molecule has 1 heterocycles. The minimum atomic E-state index is -0.00932. The quantitative estimate of drug-likeness (QED) is 0.160. The number of anilines is 3. The lowest BCUT2D eigenvalue weighted by molar-refractivity contribution is 0.490. The number of para-hydroxylation sites is 1. The second-order valence-electron chi connectivity index (χ2n) is 14.3. The predicted molar refractivity (Wildman–Crippen MR) is 229 cm³/mol. The first-order chi connectivity index (χ1) is 26.2. The molecule has 0 fully saturated rings. The Hall–Kier alpha value is -5.96. The molecule has 0 atom stereocenters. The molecule has 1 nitrogen and oxygen atoms in total. The number of benzene rings is 8. The van der Waals surface area contributed by atoms with Gasteiger partial charge < -0.3 is 4.90 Å². The molecule has 0 radical (unpaired) electrons. The van der Waals surface area contributed by atoms with Crippen LogP contribution in [0.25, 0.3) is 64.3 Å². The predicted octanol–water partition coefficient (Wildman–Crippen LogP) is 15.1. The van der Waals surface area contributed by atoms with Crippen LogP contribution in [0.5, 0.6) is 0 Å². The SMILES string of the molecule is CCC1(CC)c2ccccc2-c2ccc(N(c3ccc(-c4cccc5c4ccc4c6ccccc6sc54)cc3)c3ccccc3-c3ccccc3)cc21. The molecule has 1 aromatic heterocycles. The molecule has 53 heavy (non-hydrogen) atoms. The number of fused-ring (bicyclic) bond motifs is 8. The van der Waals surface area contributed by atoms with E-state index in [9.17, 15) is 0 Å². The van der Waals surface area contributed by atoms with Gasteiger partial charge in [0, 0.05) is 47.9 Å². The molecule has 1 aliphatic rings. The second-order valence-corrected chi connectivity index (χ2v) is 15.3. The van der Waals surface area contributed by atoms with Crippen molar-refractivity contribution in [1.82, 2.24) is 0 Å². The van der Waals surface area contributed by atoms with Gasteiger partial charge in [-0.3, -0.25) is 0 Å². The molecule has 0 aliphatic heterocycles. The fraction of sp³-hybridized carbons (Fsp3) is 0.0980. The zero-order chi connectivity index (χ0) is 35.5. The fourth-order valence-electron chi connectivity index (χ4n) is 9.13. The molecule has 0 N–H and O–H groups in total. The molecule has 1 aliphatic carbocycles. The molecular formula is C51H39NS. The molecule has 0 bridgehead atoms. The van der Waals surface area contributed by atoms with Gasteiger partial charge in [-0.15, -0.1) is 11.3 Å². The second kappa shape index (κ2) is 12.6. The molecule has 2 heteroatoms. The molecule has 0 saturated carbocycles. The van der Waals surface area contributed by atoms with E-state index in [-0.39, 0.29) is 5.41 Å². The number of nitrogens with zero attached hydrogens (tertiary/aromatic N) is 1. The summed E-state index contributed by atoms with van der Waals surface area (Å²) < 4.78 is 2.70. The molecule has 0 spiro atoms. The molecular weight excluding hydrogens is 659 g/mol. The first kappa shape index (κ1) is 31.7. The molecule has 0 unspecified atom stereocenters. The third-order valence-electron chi connectivity index (χ3n) is 11.8. The zero-order valence-electron chi connectivity index (χ0n) is 30.0. The minimum Gasteiger partial charge on any atom is -0.310 e. The van der Waals surface area contributed by atoms with Crippen LogP contribution in [0.15, 0.2) is 176 Å². The van der Waals surface area contributed by atoms with E-state index in [4.69, 9.17) is 0 Å². The average Bonchev–Trinajstić information content (AvgIpc) is 3.75. The summed E-state index contributed by atoms with van der Waals surface area (Å²) in [5.41, 5.74) is 14.0. The van der Waals surface area contributed by atoms with Crippen LogP contribution in [0.1, 0.15) is 37.8 Å². The lowest BCUT2D eigenvalue weighted by Crippen LogP contribution is -2.23. The highest BCUT2D eigenvalue weighted by Gasteiger charge is 2.40. The summed E-state index contributed by atoms with van der Waals surface area (Å²) in [6.07, 6.45) is 2.12. The van der Waals surface area contributed by atoms with Crippen LogP contribution in [0.4, 0.5) is 17.1 Å². The van der Waals surface area contributed by atoms with E-state index < -0.39 is 0 Å². The van der Waals surface area contributed by atoms with Crippen LogP contribution < -0.4 is 4.90 Å². The van der Waals surface area contributed by atoms with Crippen molar-refractivity contribution < 1.29 is 0 Å². The number of rotatable bonds is 7. The largest absolute Gasteiger partial charge is 0.310 e. The summed E-state index contributed by atoms with van der Waals surface area (Å²) in [7, 11) is 0. The van der Waals surface area contributed by atoms with Crippen molar-refractivity contribution in [3.05, 3.63) is 187 Å². The van der Waals surface area contributed by atoms with Crippen molar-refractivity contribution in [1.29, 1.82) is 0 Å². The molecule has 0 saturated heterocycles. The van der Waals surface area contributed by atoms with E-state index in [2.05, 4.69) is 195 Å². The molecule has 10 rings (SSSR count). The van der Waals surface area contributed by atoms with E-state index in [1.54, 1.807) is 0 Å². The van der Waals surface area contributed by atoms with E-state index >= 15 is 0 Å². The Labute approximate surface area is 315 Å². The fourth-order valence-corrected chi connectivity index (χ4v) is 10.4. The normalized spacial score (nSPS) is 13.0. The summed E-state index contributed by atoms with van der Waals surface area (Å²) in [5.74, 6) is 0. The molecule has 254 valence electrons. The highest BCUT2D eigenvalue weighted by molar-refractivity contribution is 7.26. The van der Waals surface area contributed by atoms with Crippen molar-refractivity contribution in [2.45, 2.75) is 32.1 Å². The Morgan fingerprint density at radius 3 is 1.87 bits per heavy atom. The van der Waals surface area contributed by atoms with Crippen molar-refractivity contribution in [2.75, 3.05) is 4.90 Å². The third-order valence-corrected chi connectivity index (χ3v) is 13.0. The van der Waals surface area contributed by atoms with Gasteiger partial charge in [0.05, 0.1) is 5.69 Å². The van der Waals surface area contributed by atoms with Crippen LogP contribution >= 0.6 is 11.3 Å². The Morgan fingerprint density at radius 1 is 0.434 bits per heavy atom. The van der Waals surface area contributed by atoms with Gasteiger partial charge in [0.1, 0.15) is 0 Å². The smallest absolute Gasteiger partial charge is 0.0540 e. The van der Waals surface area contributed by atoms with Crippen LogP contribution in [0.3, 0.4) is 0 Å². The summed E-state index contributed by atoms with van der Waals surface area (Å²) in [6, 6.07) is 65.2. The molecule has 0 amide bonds. The summed E-state index contributed by atoms with van der Waals surface area (Å²) in [4.78, 5) is 2.47. The van der Waals surface area contributed by atoms with Gasteiger partial charge >= 0.3 is 0 Å². The number of hydrogen-bond acceptors (Lipinski definition) is 2. The Kier molecular flexibility index (Phi) is 7.56. The van der Waals surface area contributed by atoms with E-state index in [0.717, 1.165) is 24.2 Å². The van der Waals surface area contributed by atoms with Gasteiger partial charge in [-0.25, -0.2) is 0 Å². The van der Waals surface area contributed by atoms with Crippen molar-refractivity contribution in [2.24, 2.45) is 0 Å². The summed E-state index contributed by atoms with van der Waals surface area (Å²) in [6.45, 7) is 4.70. The topological polar surface area (TPSA) is 3.24 Å². The van der Waals surface area contributed by atoms with E-state index in [0.29, 0.717) is 0 Å². The maximum absolute atomic E-state index is 2.49. The van der Waals surface area contributed by atoms with Crippen LogP contribution in [-0.2, 0) is 5.41 Å². The molecule has 8 aromatic carbocycles. The van der Waals surface area contributed by atoms with E-state index in [1.165, 1.54) is 81.1 Å². The first-order valence-electron chi connectivity index (χ1n) is 18.8. The van der Waals surface area contributed by atoms with Crippen LogP contribution in [0.2, 0.25) is 0 Å². The van der Waals surface area contributed by atoms with E-state index in [1.807, 2.05) is 11.3 Å².